The molecule has 5 heteroatoms. The minimum atomic E-state index is -4.37. The second-order valence-electron chi connectivity index (χ2n) is 4.49. The van der Waals surface area contributed by atoms with Gasteiger partial charge in [0, 0.05) is 6.42 Å². The van der Waals surface area contributed by atoms with Crippen LogP contribution >= 0.6 is 0 Å². The van der Waals surface area contributed by atoms with Crippen molar-refractivity contribution in [1.82, 2.24) is 0 Å². The second-order valence-corrected chi connectivity index (χ2v) is 4.49. The van der Waals surface area contributed by atoms with Gasteiger partial charge in [0.25, 0.3) is 0 Å². The monoisotopic (exact) mass is 294 g/mol. The van der Waals surface area contributed by atoms with Gasteiger partial charge in [0.2, 0.25) is 0 Å². The van der Waals surface area contributed by atoms with Gasteiger partial charge < -0.3 is 4.74 Å². The summed E-state index contributed by atoms with van der Waals surface area (Å²) < 4.78 is 42.8. The van der Waals surface area contributed by atoms with Crippen LogP contribution < -0.4 is 4.74 Å². The molecule has 2 aromatic rings. The minimum Gasteiger partial charge on any atom is -0.427 e. The lowest BCUT2D eigenvalue weighted by Gasteiger charge is -2.08. The van der Waals surface area contributed by atoms with E-state index in [0.29, 0.717) is 11.3 Å². The van der Waals surface area contributed by atoms with E-state index < -0.39 is 17.7 Å². The number of hydrogen-bond donors (Lipinski definition) is 0. The van der Waals surface area contributed by atoms with Gasteiger partial charge in [-0.05, 0) is 30.2 Å². The Morgan fingerprint density at radius 1 is 1.00 bits per heavy atom. The molecule has 0 amide bonds. The maximum absolute atomic E-state index is 12.6. The third kappa shape index (κ3) is 4.63. The number of benzene rings is 2. The number of esters is 1. The van der Waals surface area contributed by atoms with Crippen LogP contribution in [-0.2, 0) is 17.4 Å². The van der Waals surface area contributed by atoms with E-state index in [9.17, 15) is 18.0 Å². The van der Waals surface area contributed by atoms with Crippen LogP contribution in [0.5, 0.6) is 5.75 Å². The van der Waals surface area contributed by atoms with E-state index in [2.05, 4.69) is 0 Å². The van der Waals surface area contributed by atoms with Crippen molar-refractivity contribution in [3.05, 3.63) is 65.7 Å². The molecule has 110 valence electrons. The zero-order chi connectivity index (χ0) is 15.3. The minimum absolute atomic E-state index is 0.0240. The van der Waals surface area contributed by atoms with Crippen molar-refractivity contribution in [2.45, 2.75) is 19.0 Å². The lowest BCUT2D eigenvalue weighted by Crippen LogP contribution is -2.10. The summed E-state index contributed by atoms with van der Waals surface area (Å²) in [5.41, 5.74) is -0.258. The van der Waals surface area contributed by atoms with Crippen LogP contribution in [0.15, 0.2) is 54.6 Å². The molecule has 0 unspecified atom stereocenters. The third-order valence-corrected chi connectivity index (χ3v) is 2.85. The highest BCUT2D eigenvalue weighted by atomic mass is 19.4. The SMILES string of the molecule is O=C(CCc1cccc(C(F)(F)F)c1)Oc1ccccc1. The smallest absolute Gasteiger partial charge is 0.416 e. The van der Waals surface area contributed by atoms with Gasteiger partial charge in [0.1, 0.15) is 5.75 Å². The predicted molar refractivity (Wildman–Crippen MR) is 71.8 cm³/mol. The lowest BCUT2D eigenvalue weighted by molar-refractivity contribution is -0.137. The summed E-state index contributed by atoms with van der Waals surface area (Å²) in [4.78, 5) is 11.6. The Hall–Kier alpha value is -2.30. The molecule has 0 spiro atoms. The first-order valence-corrected chi connectivity index (χ1v) is 6.37. The molecule has 0 bridgehead atoms. The van der Waals surface area contributed by atoms with Crippen LogP contribution in [0, 0.1) is 0 Å². The second kappa shape index (κ2) is 6.43. The Morgan fingerprint density at radius 2 is 1.71 bits per heavy atom. The Kier molecular flexibility index (Phi) is 4.62. The van der Waals surface area contributed by atoms with Crippen molar-refractivity contribution in [2.24, 2.45) is 0 Å². The van der Waals surface area contributed by atoms with Crippen LogP contribution in [0.4, 0.5) is 13.2 Å². The number of carbonyl (C=O) groups is 1. The summed E-state index contributed by atoms with van der Waals surface area (Å²) in [6.45, 7) is 0. The Bertz CT molecular complexity index is 606. The summed E-state index contributed by atoms with van der Waals surface area (Å²) >= 11 is 0. The van der Waals surface area contributed by atoms with E-state index in [4.69, 9.17) is 4.74 Å². The fourth-order valence-electron chi connectivity index (χ4n) is 1.82. The van der Waals surface area contributed by atoms with Crippen molar-refractivity contribution >= 4 is 5.97 Å². The third-order valence-electron chi connectivity index (χ3n) is 2.85. The summed E-state index contributed by atoms with van der Waals surface area (Å²) in [6, 6.07) is 13.5. The molecule has 0 aliphatic carbocycles. The quantitative estimate of drug-likeness (QED) is 0.622. The molecular formula is C16H13F3O2. The van der Waals surface area contributed by atoms with Crippen LogP contribution in [0.2, 0.25) is 0 Å². The average molecular weight is 294 g/mol. The van der Waals surface area contributed by atoms with Crippen molar-refractivity contribution in [3.63, 3.8) is 0 Å². The average Bonchev–Trinajstić information content (AvgIpc) is 2.46. The number of rotatable bonds is 4. The topological polar surface area (TPSA) is 26.3 Å². The van der Waals surface area contributed by atoms with Crippen LogP contribution in [0.25, 0.3) is 0 Å². The van der Waals surface area contributed by atoms with Crippen molar-refractivity contribution in [1.29, 1.82) is 0 Å². The molecule has 2 rings (SSSR count). The van der Waals surface area contributed by atoms with Crippen molar-refractivity contribution < 1.29 is 22.7 Å². The fourth-order valence-corrected chi connectivity index (χ4v) is 1.82. The van der Waals surface area contributed by atoms with E-state index >= 15 is 0 Å². The Balaban J connectivity index is 1.92. The number of alkyl halides is 3. The molecule has 0 aliphatic heterocycles. The summed E-state index contributed by atoms with van der Waals surface area (Å²) in [5, 5.41) is 0. The normalized spacial score (nSPS) is 11.2. The van der Waals surface area contributed by atoms with Crippen LogP contribution in [-0.4, -0.2) is 5.97 Å². The first-order valence-electron chi connectivity index (χ1n) is 6.37. The molecule has 0 radical (unpaired) electrons. The molecule has 21 heavy (non-hydrogen) atoms. The van der Waals surface area contributed by atoms with E-state index in [-0.39, 0.29) is 12.8 Å². The van der Waals surface area contributed by atoms with Gasteiger partial charge in [-0.15, -0.1) is 0 Å². The number of hydrogen-bond acceptors (Lipinski definition) is 2. The van der Waals surface area contributed by atoms with Gasteiger partial charge in [-0.3, -0.25) is 4.79 Å². The van der Waals surface area contributed by atoms with Crippen molar-refractivity contribution in [2.75, 3.05) is 0 Å². The molecule has 2 nitrogen and oxygen atoms in total. The summed E-state index contributed by atoms with van der Waals surface area (Å²) in [5.74, 6) is -0.0508. The largest absolute Gasteiger partial charge is 0.427 e. The van der Waals surface area contributed by atoms with E-state index in [1.165, 1.54) is 6.07 Å². The maximum Gasteiger partial charge on any atom is 0.416 e. The first kappa shape index (κ1) is 15.1. The highest BCUT2D eigenvalue weighted by Gasteiger charge is 2.30. The highest BCUT2D eigenvalue weighted by molar-refractivity contribution is 5.72. The Morgan fingerprint density at radius 3 is 2.38 bits per heavy atom. The summed E-state index contributed by atoms with van der Waals surface area (Å²) in [7, 11) is 0. The molecule has 0 atom stereocenters. The molecule has 0 saturated heterocycles. The van der Waals surface area contributed by atoms with Gasteiger partial charge in [-0.25, -0.2) is 0 Å². The molecule has 0 heterocycles. The highest BCUT2D eigenvalue weighted by Crippen LogP contribution is 2.29. The molecule has 2 aromatic carbocycles. The fraction of sp³-hybridized carbons (Fsp3) is 0.188. The molecule has 0 saturated carbocycles. The lowest BCUT2D eigenvalue weighted by atomic mass is 10.1. The van der Waals surface area contributed by atoms with Gasteiger partial charge in [0.15, 0.2) is 0 Å². The predicted octanol–water partition coefficient (Wildman–Crippen LogP) is 4.24. The standard InChI is InChI=1S/C16H13F3O2/c17-16(18,19)13-6-4-5-12(11-13)9-10-15(20)21-14-7-2-1-3-8-14/h1-8,11H,9-10H2. The van der Waals surface area contributed by atoms with Crippen LogP contribution in [0.1, 0.15) is 17.5 Å². The van der Waals surface area contributed by atoms with Crippen molar-refractivity contribution in [3.8, 4) is 5.75 Å². The Labute approximate surface area is 120 Å². The molecule has 0 N–H and O–H groups in total. The van der Waals surface area contributed by atoms with Gasteiger partial charge >= 0.3 is 12.1 Å². The number of aryl methyl sites for hydroxylation is 1. The van der Waals surface area contributed by atoms with E-state index in [1.54, 1.807) is 36.4 Å². The van der Waals surface area contributed by atoms with E-state index in [1.807, 2.05) is 0 Å². The summed E-state index contributed by atoms with van der Waals surface area (Å²) in [6.07, 6.45) is -4.15. The molecule has 0 aliphatic rings. The molecular weight excluding hydrogens is 281 g/mol. The zero-order valence-electron chi connectivity index (χ0n) is 11.1. The van der Waals surface area contributed by atoms with E-state index in [0.717, 1.165) is 12.1 Å². The number of carbonyl (C=O) groups excluding carboxylic acids is 1. The van der Waals surface area contributed by atoms with Crippen LogP contribution in [0.3, 0.4) is 0 Å². The number of halogens is 3. The van der Waals surface area contributed by atoms with Gasteiger partial charge in [0.05, 0.1) is 5.56 Å². The van der Waals surface area contributed by atoms with Gasteiger partial charge in [-0.1, -0.05) is 36.4 Å². The number of para-hydroxylation sites is 1. The first-order chi connectivity index (χ1) is 9.95. The maximum atomic E-state index is 12.6. The molecule has 0 fully saturated rings. The zero-order valence-corrected chi connectivity index (χ0v) is 11.1. The van der Waals surface area contributed by atoms with Gasteiger partial charge in [-0.2, -0.15) is 13.2 Å². The number of ether oxygens (including phenoxy) is 1. The molecule has 0 aromatic heterocycles.